The molecule has 0 aliphatic carbocycles. The van der Waals surface area contributed by atoms with Gasteiger partial charge in [-0.3, -0.25) is 9.59 Å². The molecule has 0 bridgehead atoms. The third-order valence-corrected chi connectivity index (χ3v) is 4.82. The first-order valence-electron chi connectivity index (χ1n) is 8.41. The van der Waals surface area contributed by atoms with E-state index in [2.05, 4.69) is 5.32 Å². The van der Waals surface area contributed by atoms with E-state index in [4.69, 9.17) is 16.3 Å². The molecule has 0 aromatic heterocycles. The summed E-state index contributed by atoms with van der Waals surface area (Å²) < 4.78 is 5.25. The first kappa shape index (κ1) is 18.3. The maximum Gasteiger partial charge on any atom is 0.229 e. The van der Waals surface area contributed by atoms with Gasteiger partial charge in [-0.05, 0) is 43.2 Å². The van der Waals surface area contributed by atoms with Gasteiger partial charge in [0.25, 0.3) is 0 Å². The van der Waals surface area contributed by atoms with Crippen molar-refractivity contribution in [3.63, 3.8) is 0 Å². The Morgan fingerprint density at radius 3 is 2.69 bits per heavy atom. The Kier molecular flexibility index (Phi) is 5.18. The van der Waals surface area contributed by atoms with Crippen LogP contribution < -0.4 is 15.0 Å². The van der Waals surface area contributed by atoms with Crippen molar-refractivity contribution >= 4 is 34.8 Å². The summed E-state index contributed by atoms with van der Waals surface area (Å²) in [5, 5.41) is 3.39. The summed E-state index contributed by atoms with van der Waals surface area (Å²) in [5.41, 5.74) is 3.24. The Morgan fingerprint density at radius 1 is 1.27 bits per heavy atom. The fourth-order valence-electron chi connectivity index (χ4n) is 3.33. The highest BCUT2D eigenvalue weighted by atomic mass is 35.5. The Balaban J connectivity index is 1.79. The van der Waals surface area contributed by atoms with Gasteiger partial charge in [-0.2, -0.15) is 0 Å². The highest BCUT2D eigenvalue weighted by Crippen LogP contribution is 2.35. The van der Waals surface area contributed by atoms with Crippen molar-refractivity contribution in [2.24, 2.45) is 5.92 Å². The van der Waals surface area contributed by atoms with Gasteiger partial charge >= 0.3 is 0 Å². The predicted molar refractivity (Wildman–Crippen MR) is 103 cm³/mol. The van der Waals surface area contributed by atoms with E-state index in [9.17, 15) is 9.59 Å². The number of aryl methyl sites for hydroxylation is 2. The molecule has 1 unspecified atom stereocenters. The number of amides is 2. The number of ether oxygens (including phenoxy) is 1. The lowest BCUT2D eigenvalue weighted by Crippen LogP contribution is -2.29. The fraction of sp³-hybridized carbons (Fsp3) is 0.300. The van der Waals surface area contributed by atoms with Crippen LogP contribution in [0.15, 0.2) is 36.4 Å². The van der Waals surface area contributed by atoms with Crippen molar-refractivity contribution in [1.82, 2.24) is 0 Å². The van der Waals surface area contributed by atoms with E-state index < -0.39 is 5.92 Å². The van der Waals surface area contributed by atoms with Gasteiger partial charge in [-0.25, -0.2) is 0 Å². The largest absolute Gasteiger partial charge is 0.495 e. The van der Waals surface area contributed by atoms with Crippen LogP contribution in [-0.4, -0.2) is 25.5 Å². The number of nitrogens with one attached hydrogen (secondary N) is 1. The number of carbonyl (C=O) groups is 2. The minimum atomic E-state index is -0.441. The number of halogens is 1. The van der Waals surface area contributed by atoms with Crippen LogP contribution in [0.4, 0.5) is 11.4 Å². The van der Waals surface area contributed by atoms with Gasteiger partial charge < -0.3 is 15.0 Å². The zero-order chi connectivity index (χ0) is 18.8. The maximum absolute atomic E-state index is 12.7. The zero-order valence-corrected chi connectivity index (χ0v) is 15.8. The minimum absolute atomic E-state index is 0.0981. The van der Waals surface area contributed by atoms with Gasteiger partial charge in [0.15, 0.2) is 0 Å². The molecular weight excluding hydrogens is 352 g/mol. The van der Waals surface area contributed by atoms with E-state index in [0.29, 0.717) is 28.7 Å². The van der Waals surface area contributed by atoms with E-state index >= 15 is 0 Å². The molecule has 1 fully saturated rings. The zero-order valence-electron chi connectivity index (χ0n) is 15.0. The monoisotopic (exact) mass is 372 g/mol. The second kappa shape index (κ2) is 7.38. The molecule has 0 spiro atoms. The smallest absolute Gasteiger partial charge is 0.229 e. The SMILES string of the molecule is COc1ccccc1NC(=O)C1CC(=O)N(c2c(C)cc(C)cc2Cl)C1. The molecule has 5 nitrogen and oxygen atoms in total. The Hall–Kier alpha value is -2.53. The quantitative estimate of drug-likeness (QED) is 0.883. The normalized spacial score (nSPS) is 16.7. The highest BCUT2D eigenvalue weighted by molar-refractivity contribution is 6.34. The van der Waals surface area contributed by atoms with E-state index in [-0.39, 0.29) is 18.2 Å². The number of hydrogen-bond acceptors (Lipinski definition) is 3. The lowest BCUT2D eigenvalue weighted by molar-refractivity contribution is -0.122. The molecule has 2 amide bonds. The van der Waals surface area contributed by atoms with Crippen molar-refractivity contribution < 1.29 is 14.3 Å². The van der Waals surface area contributed by atoms with Crippen LogP contribution in [0.2, 0.25) is 5.02 Å². The number of hydrogen-bond donors (Lipinski definition) is 1. The topological polar surface area (TPSA) is 58.6 Å². The number of rotatable bonds is 4. The van der Waals surface area contributed by atoms with Crippen molar-refractivity contribution in [3.05, 3.63) is 52.5 Å². The highest BCUT2D eigenvalue weighted by Gasteiger charge is 2.36. The summed E-state index contributed by atoms with van der Waals surface area (Å²) in [6.07, 6.45) is 0.157. The van der Waals surface area contributed by atoms with Crippen LogP contribution in [0.3, 0.4) is 0 Å². The standard InChI is InChI=1S/C20H21ClN2O3/c1-12-8-13(2)19(15(21)9-12)23-11-14(10-18(23)24)20(25)22-16-6-4-5-7-17(16)26-3/h4-9,14H,10-11H2,1-3H3,(H,22,25). The van der Waals surface area contributed by atoms with Crippen LogP contribution >= 0.6 is 11.6 Å². The van der Waals surface area contributed by atoms with Crippen LogP contribution in [0.25, 0.3) is 0 Å². The summed E-state index contributed by atoms with van der Waals surface area (Å²) in [6.45, 7) is 4.19. The van der Waals surface area contributed by atoms with Crippen LogP contribution in [0, 0.1) is 19.8 Å². The summed E-state index contributed by atoms with van der Waals surface area (Å²) in [4.78, 5) is 26.8. The third kappa shape index (κ3) is 3.53. The molecule has 136 valence electrons. The molecular formula is C20H21ClN2O3. The number of para-hydroxylation sites is 2. The summed E-state index contributed by atoms with van der Waals surface area (Å²) in [7, 11) is 1.55. The minimum Gasteiger partial charge on any atom is -0.495 e. The van der Waals surface area contributed by atoms with E-state index in [1.54, 1.807) is 24.1 Å². The molecule has 2 aromatic carbocycles. The lowest BCUT2D eigenvalue weighted by Gasteiger charge is -2.21. The molecule has 1 atom stereocenters. The van der Waals surface area contributed by atoms with Crippen LogP contribution in [0.5, 0.6) is 5.75 Å². The fourth-order valence-corrected chi connectivity index (χ4v) is 3.76. The van der Waals surface area contributed by atoms with E-state index in [0.717, 1.165) is 11.1 Å². The van der Waals surface area contributed by atoms with Gasteiger partial charge in [0.1, 0.15) is 5.75 Å². The van der Waals surface area contributed by atoms with Crippen LogP contribution in [0.1, 0.15) is 17.5 Å². The number of nitrogens with zero attached hydrogens (tertiary/aromatic N) is 1. The molecule has 1 N–H and O–H groups in total. The van der Waals surface area contributed by atoms with Crippen molar-refractivity contribution in [3.8, 4) is 5.75 Å². The summed E-state index contributed by atoms with van der Waals surface area (Å²) in [5.74, 6) is -0.158. The average molecular weight is 373 g/mol. The van der Waals surface area contributed by atoms with Gasteiger partial charge in [0.2, 0.25) is 11.8 Å². The number of carbonyl (C=O) groups excluding carboxylic acids is 2. The molecule has 1 heterocycles. The van der Waals surface area contributed by atoms with Gasteiger partial charge in [-0.1, -0.05) is 29.8 Å². The lowest BCUT2D eigenvalue weighted by atomic mass is 10.1. The van der Waals surface area contributed by atoms with Gasteiger partial charge in [-0.15, -0.1) is 0 Å². The second-order valence-electron chi connectivity index (χ2n) is 6.51. The molecule has 1 aliphatic rings. The first-order chi connectivity index (χ1) is 12.4. The number of methoxy groups -OCH3 is 1. The molecule has 1 aliphatic heterocycles. The van der Waals surface area contributed by atoms with Crippen molar-refractivity contribution in [2.75, 3.05) is 23.9 Å². The van der Waals surface area contributed by atoms with Crippen LogP contribution in [-0.2, 0) is 9.59 Å². The Morgan fingerprint density at radius 2 is 2.00 bits per heavy atom. The second-order valence-corrected chi connectivity index (χ2v) is 6.91. The van der Waals surface area contributed by atoms with E-state index in [1.165, 1.54) is 0 Å². The van der Waals surface area contributed by atoms with Gasteiger partial charge in [0.05, 0.1) is 29.4 Å². The number of benzene rings is 2. The average Bonchev–Trinajstić information content (AvgIpc) is 2.96. The van der Waals surface area contributed by atoms with Crippen molar-refractivity contribution in [2.45, 2.75) is 20.3 Å². The maximum atomic E-state index is 12.7. The van der Waals surface area contributed by atoms with Crippen molar-refractivity contribution in [1.29, 1.82) is 0 Å². The molecule has 0 saturated carbocycles. The number of anilines is 2. The summed E-state index contributed by atoms with van der Waals surface area (Å²) >= 11 is 6.37. The summed E-state index contributed by atoms with van der Waals surface area (Å²) in [6, 6.07) is 11.0. The molecule has 6 heteroatoms. The van der Waals surface area contributed by atoms with E-state index in [1.807, 2.05) is 38.1 Å². The molecule has 3 rings (SSSR count). The third-order valence-electron chi connectivity index (χ3n) is 4.53. The Labute approximate surface area is 157 Å². The van der Waals surface area contributed by atoms with Gasteiger partial charge in [0, 0.05) is 13.0 Å². The Bertz CT molecular complexity index is 843. The molecule has 1 saturated heterocycles. The first-order valence-corrected chi connectivity index (χ1v) is 8.79. The predicted octanol–water partition coefficient (Wildman–Crippen LogP) is 3.96. The molecule has 26 heavy (non-hydrogen) atoms. The molecule has 2 aromatic rings. The molecule has 0 radical (unpaired) electrons.